The number of aliphatic hydroxyl groups is 2. The van der Waals surface area contributed by atoms with E-state index in [9.17, 15) is 5.11 Å². The van der Waals surface area contributed by atoms with Crippen LogP contribution in [0.2, 0.25) is 0 Å². The van der Waals surface area contributed by atoms with Gasteiger partial charge in [-0.15, -0.1) is 11.3 Å². The van der Waals surface area contributed by atoms with Crippen LogP contribution in [0, 0.1) is 11.8 Å². The Bertz CT molecular complexity index is 488. The highest BCUT2D eigenvalue weighted by Gasteiger charge is 2.28. The maximum Gasteiger partial charge on any atom is 0.104 e. The average molecular weight is 307 g/mol. The molecule has 1 aromatic rings. The van der Waals surface area contributed by atoms with Crippen LogP contribution in [-0.4, -0.2) is 40.4 Å². The van der Waals surface area contributed by atoms with Crippen molar-refractivity contribution in [3.05, 3.63) is 21.9 Å². The van der Waals surface area contributed by atoms with Crippen molar-refractivity contribution in [2.24, 2.45) is 0 Å². The van der Waals surface area contributed by atoms with E-state index < -0.39 is 0 Å². The molecule has 1 heterocycles. The van der Waals surface area contributed by atoms with Crippen molar-refractivity contribution < 1.29 is 10.2 Å². The number of nitrogens with zero attached hydrogens (tertiary/aromatic N) is 1. The number of aliphatic hydroxyl groups excluding tert-OH is 2. The van der Waals surface area contributed by atoms with Crippen LogP contribution in [0.1, 0.15) is 49.5 Å². The summed E-state index contributed by atoms with van der Waals surface area (Å²) in [6.07, 6.45) is 5.33. The molecule has 1 fully saturated rings. The molecule has 0 unspecified atom stereocenters. The van der Waals surface area contributed by atoms with Crippen LogP contribution in [0.3, 0.4) is 0 Å². The van der Waals surface area contributed by atoms with Crippen molar-refractivity contribution in [2.45, 2.75) is 57.7 Å². The molecule has 3 nitrogen and oxygen atoms in total. The van der Waals surface area contributed by atoms with Crippen molar-refractivity contribution in [3.8, 4) is 11.8 Å². The third-order valence-electron chi connectivity index (χ3n) is 4.00. The molecule has 1 aromatic heterocycles. The second-order valence-electron chi connectivity index (χ2n) is 5.65. The third kappa shape index (κ3) is 4.82. The molecule has 2 N–H and O–H groups in total. The molecule has 0 bridgehead atoms. The Morgan fingerprint density at radius 2 is 2.19 bits per heavy atom. The van der Waals surface area contributed by atoms with E-state index in [2.05, 4.69) is 29.7 Å². The van der Waals surface area contributed by atoms with Gasteiger partial charge in [0.1, 0.15) is 6.61 Å². The van der Waals surface area contributed by atoms with Crippen LogP contribution >= 0.6 is 11.3 Å². The third-order valence-corrected chi connectivity index (χ3v) is 4.92. The van der Waals surface area contributed by atoms with Gasteiger partial charge in [-0.25, -0.2) is 0 Å². The molecule has 1 aliphatic rings. The predicted molar refractivity (Wildman–Crippen MR) is 87.2 cm³/mol. The zero-order chi connectivity index (χ0) is 15.1. The first-order valence-corrected chi connectivity index (χ1v) is 8.71. The molecule has 0 aromatic carbocycles. The summed E-state index contributed by atoms with van der Waals surface area (Å²) in [5.74, 6) is 5.64. The van der Waals surface area contributed by atoms with Crippen molar-refractivity contribution in [2.75, 3.05) is 13.2 Å². The summed E-state index contributed by atoms with van der Waals surface area (Å²) in [7, 11) is 0. The van der Waals surface area contributed by atoms with Gasteiger partial charge in [0.15, 0.2) is 0 Å². The average Bonchev–Trinajstić information content (AvgIpc) is 2.93. The van der Waals surface area contributed by atoms with E-state index in [0.29, 0.717) is 6.04 Å². The summed E-state index contributed by atoms with van der Waals surface area (Å²) in [4.78, 5) is 3.71. The van der Waals surface area contributed by atoms with E-state index in [1.165, 1.54) is 11.3 Å². The van der Waals surface area contributed by atoms with Gasteiger partial charge in [-0.2, -0.15) is 0 Å². The molecule has 1 aliphatic carbocycles. The molecule has 0 saturated heterocycles. The molecule has 116 valence electrons. The molecule has 0 amide bonds. The number of thiophene rings is 1. The molecule has 21 heavy (non-hydrogen) atoms. The fourth-order valence-corrected chi connectivity index (χ4v) is 3.88. The van der Waals surface area contributed by atoms with Gasteiger partial charge in [0.2, 0.25) is 0 Å². The minimum absolute atomic E-state index is 0.0958. The summed E-state index contributed by atoms with van der Waals surface area (Å²) in [6.45, 7) is 4.01. The minimum Gasteiger partial charge on any atom is -0.391 e. The molecule has 0 aliphatic heterocycles. The van der Waals surface area contributed by atoms with E-state index in [1.807, 2.05) is 5.38 Å². The SMILES string of the molecule is CCCN(Cc1cc(C#CCO)cs1)[C@@H]1CCCC[C@H]1O. The van der Waals surface area contributed by atoms with Gasteiger partial charge in [0.25, 0.3) is 0 Å². The van der Waals surface area contributed by atoms with Gasteiger partial charge in [-0.3, -0.25) is 4.90 Å². The maximum absolute atomic E-state index is 10.3. The molecular formula is C17H25NO2S. The molecule has 4 heteroatoms. The van der Waals surface area contributed by atoms with Crippen molar-refractivity contribution >= 4 is 11.3 Å². The van der Waals surface area contributed by atoms with Gasteiger partial charge in [-0.1, -0.05) is 31.6 Å². The fraction of sp³-hybridized carbons (Fsp3) is 0.647. The normalized spacial score (nSPS) is 22.1. The molecule has 0 radical (unpaired) electrons. The standard InChI is InChI=1S/C17H25NO2S/c1-2-9-18(16-7-3-4-8-17(16)20)12-15-11-14(13-21-15)6-5-10-19/h11,13,16-17,19-20H,2-4,7-10,12H2,1H3/t16-,17-/m1/s1. The first-order valence-electron chi connectivity index (χ1n) is 7.83. The van der Waals surface area contributed by atoms with Crippen LogP contribution in [0.15, 0.2) is 11.4 Å². The van der Waals surface area contributed by atoms with Gasteiger partial charge in [0.05, 0.1) is 6.10 Å². The Hall–Kier alpha value is -0.860. The summed E-state index contributed by atoms with van der Waals surface area (Å²) in [5, 5.41) is 21.1. The van der Waals surface area contributed by atoms with Gasteiger partial charge in [0, 0.05) is 28.4 Å². The summed E-state index contributed by atoms with van der Waals surface area (Å²) in [5.41, 5.74) is 0.977. The monoisotopic (exact) mass is 307 g/mol. The molecular weight excluding hydrogens is 282 g/mol. The minimum atomic E-state index is -0.182. The van der Waals surface area contributed by atoms with Crippen LogP contribution in [-0.2, 0) is 6.54 Å². The van der Waals surface area contributed by atoms with E-state index in [-0.39, 0.29) is 12.7 Å². The van der Waals surface area contributed by atoms with Crippen LogP contribution in [0.25, 0.3) is 0 Å². The van der Waals surface area contributed by atoms with E-state index in [1.54, 1.807) is 11.3 Å². The second-order valence-corrected chi connectivity index (χ2v) is 6.65. The lowest BCUT2D eigenvalue weighted by Crippen LogP contribution is -2.45. The van der Waals surface area contributed by atoms with Crippen molar-refractivity contribution in [1.29, 1.82) is 0 Å². The van der Waals surface area contributed by atoms with Crippen LogP contribution in [0.4, 0.5) is 0 Å². The summed E-state index contributed by atoms with van der Waals surface area (Å²) < 4.78 is 0. The van der Waals surface area contributed by atoms with Crippen LogP contribution < -0.4 is 0 Å². The lowest BCUT2D eigenvalue weighted by atomic mass is 9.91. The Morgan fingerprint density at radius 3 is 2.90 bits per heavy atom. The molecule has 0 spiro atoms. The Labute approximate surface area is 131 Å². The number of hydrogen-bond donors (Lipinski definition) is 2. The van der Waals surface area contributed by atoms with E-state index in [0.717, 1.165) is 44.3 Å². The topological polar surface area (TPSA) is 43.7 Å². The van der Waals surface area contributed by atoms with Gasteiger partial charge < -0.3 is 10.2 Å². The largest absolute Gasteiger partial charge is 0.391 e. The number of rotatable bonds is 5. The zero-order valence-corrected chi connectivity index (χ0v) is 13.5. The van der Waals surface area contributed by atoms with Gasteiger partial charge >= 0.3 is 0 Å². The molecule has 1 saturated carbocycles. The zero-order valence-electron chi connectivity index (χ0n) is 12.7. The molecule has 2 atom stereocenters. The lowest BCUT2D eigenvalue weighted by Gasteiger charge is -2.37. The van der Waals surface area contributed by atoms with Gasteiger partial charge in [-0.05, 0) is 31.9 Å². The first-order chi connectivity index (χ1) is 10.2. The fourth-order valence-electron chi connectivity index (χ4n) is 3.04. The smallest absolute Gasteiger partial charge is 0.104 e. The summed E-state index contributed by atoms with van der Waals surface area (Å²) in [6, 6.07) is 2.40. The quantitative estimate of drug-likeness (QED) is 0.822. The number of hydrogen-bond acceptors (Lipinski definition) is 4. The Kier molecular flexibility index (Phi) is 6.72. The lowest BCUT2D eigenvalue weighted by molar-refractivity contribution is 0.0161. The second kappa shape index (κ2) is 8.55. The van der Waals surface area contributed by atoms with E-state index >= 15 is 0 Å². The van der Waals surface area contributed by atoms with E-state index in [4.69, 9.17) is 5.11 Å². The van der Waals surface area contributed by atoms with Crippen molar-refractivity contribution in [3.63, 3.8) is 0 Å². The first kappa shape index (κ1) is 16.5. The Balaban J connectivity index is 2.03. The Morgan fingerprint density at radius 1 is 1.38 bits per heavy atom. The van der Waals surface area contributed by atoms with Crippen LogP contribution in [0.5, 0.6) is 0 Å². The highest BCUT2D eigenvalue weighted by molar-refractivity contribution is 7.10. The predicted octanol–water partition coefficient (Wildman–Crippen LogP) is 2.61. The summed E-state index contributed by atoms with van der Waals surface area (Å²) >= 11 is 1.71. The maximum atomic E-state index is 10.3. The molecule has 2 rings (SSSR count). The highest BCUT2D eigenvalue weighted by Crippen LogP contribution is 2.26. The highest BCUT2D eigenvalue weighted by atomic mass is 32.1. The van der Waals surface area contributed by atoms with Crippen molar-refractivity contribution in [1.82, 2.24) is 4.90 Å².